The Morgan fingerprint density at radius 1 is 1.19 bits per heavy atom. The van der Waals surface area contributed by atoms with E-state index in [1.54, 1.807) is 0 Å². The van der Waals surface area contributed by atoms with Crippen LogP contribution >= 0.6 is 0 Å². The molecule has 0 amide bonds. The molecule has 0 radical (unpaired) electrons. The molecule has 1 atom stereocenters. The average Bonchev–Trinajstić information content (AvgIpc) is 2.87. The SMILES string of the molecule is CCCNCC(Cc1cc(C)nn1CC)c1ccccc1. The van der Waals surface area contributed by atoms with Crippen molar-refractivity contribution in [2.45, 2.75) is 46.1 Å². The van der Waals surface area contributed by atoms with Crippen LogP contribution in [0, 0.1) is 6.92 Å². The highest BCUT2D eigenvalue weighted by atomic mass is 15.3. The third-order valence-electron chi connectivity index (χ3n) is 3.83. The molecule has 0 fully saturated rings. The van der Waals surface area contributed by atoms with Crippen molar-refractivity contribution in [1.82, 2.24) is 15.1 Å². The fraction of sp³-hybridized carbons (Fsp3) is 0.500. The summed E-state index contributed by atoms with van der Waals surface area (Å²) in [5, 5.41) is 8.14. The van der Waals surface area contributed by atoms with Crippen LogP contribution in [0.4, 0.5) is 0 Å². The van der Waals surface area contributed by atoms with Gasteiger partial charge >= 0.3 is 0 Å². The monoisotopic (exact) mass is 285 g/mol. The molecular formula is C18H27N3. The zero-order valence-corrected chi connectivity index (χ0v) is 13.5. The summed E-state index contributed by atoms with van der Waals surface area (Å²) in [6, 6.07) is 13.0. The fourth-order valence-electron chi connectivity index (χ4n) is 2.78. The van der Waals surface area contributed by atoms with Crippen molar-refractivity contribution in [3.63, 3.8) is 0 Å². The smallest absolute Gasteiger partial charge is 0.0596 e. The quantitative estimate of drug-likeness (QED) is 0.752. The van der Waals surface area contributed by atoms with Gasteiger partial charge in [0.1, 0.15) is 0 Å². The Kier molecular flexibility index (Phi) is 6.00. The largest absolute Gasteiger partial charge is 0.316 e. The molecule has 1 aromatic heterocycles. The van der Waals surface area contributed by atoms with Crippen LogP contribution in [0.2, 0.25) is 0 Å². The molecule has 1 N–H and O–H groups in total. The van der Waals surface area contributed by atoms with E-state index in [1.807, 2.05) is 0 Å². The highest BCUT2D eigenvalue weighted by molar-refractivity contribution is 5.23. The number of nitrogens with zero attached hydrogens (tertiary/aromatic N) is 2. The molecule has 3 heteroatoms. The molecule has 3 nitrogen and oxygen atoms in total. The lowest BCUT2D eigenvalue weighted by molar-refractivity contribution is 0.542. The van der Waals surface area contributed by atoms with E-state index in [2.05, 4.69) is 72.3 Å². The Hall–Kier alpha value is -1.61. The Labute approximate surface area is 128 Å². The van der Waals surface area contributed by atoms with Crippen molar-refractivity contribution in [2.24, 2.45) is 0 Å². The third-order valence-corrected chi connectivity index (χ3v) is 3.83. The van der Waals surface area contributed by atoms with Crippen LogP contribution in [0.25, 0.3) is 0 Å². The fourth-order valence-corrected chi connectivity index (χ4v) is 2.78. The van der Waals surface area contributed by atoms with Gasteiger partial charge < -0.3 is 5.32 Å². The maximum Gasteiger partial charge on any atom is 0.0596 e. The van der Waals surface area contributed by atoms with Crippen molar-refractivity contribution in [3.05, 3.63) is 53.3 Å². The van der Waals surface area contributed by atoms with E-state index in [0.717, 1.165) is 31.7 Å². The maximum absolute atomic E-state index is 4.57. The number of benzene rings is 1. The second-order valence-corrected chi connectivity index (χ2v) is 5.61. The number of aromatic nitrogens is 2. The highest BCUT2D eigenvalue weighted by Crippen LogP contribution is 2.21. The molecule has 0 saturated heterocycles. The van der Waals surface area contributed by atoms with Crippen molar-refractivity contribution >= 4 is 0 Å². The van der Waals surface area contributed by atoms with Gasteiger partial charge in [-0.3, -0.25) is 4.68 Å². The molecule has 2 aromatic rings. The van der Waals surface area contributed by atoms with E-state index in [9.17, 15) is 0 Å². The summed E-state index contributed by atoms with van der Waals surface area (Å²) in [6.45, 7) is 9.47. The molecule has 0 spiro atoms. The summed E-state index contributed by atoms with van der Waals surface area (Å²) < 4.78 is 2.13. The van der Waals surface area contributed by atoms with Gasteiger partial charge in [-0.25, -0.2) is 0 Å². The lowest BCUT2D eigenvalue weighted by Crippen LogP contribution is -2.24. The average molecular weight is 285 g/mol. The van der Waals surface area contributed by atoms with E-state index in [-0.39, 0.29) is 0 Å². The first-order valence-corrected chi connectivity index (χ1v) is 8.03. The molecule has 0 bridgehead atoms. The molecule has 1 aromatic carbocycles. The Morgan fingerprint density at radius 3 is 2.62 bits per heavy atom. The summed E-state index contributed by atoms with van der Waals surface area (Å²) >= 11 is 0. The van der Waals surface area contributed by atoms with Crippen LogP contribution in [0.5, 0.6) is 0 Å². The second-order valence-electron chi connectivity index (χ2n) is 5.61. The van der Waals surface area contributed by atoms with Crippen LogP contribution < -0.4 is 5.32 Å². The topological polar surface area (TPSA) is 29.9 Å². The molecular weight excluding hydrogens is 258 g/mol. The first-order valence-electron chi connectivity index (χ1n) is 8.03. The molecule has 114 valence electrons. The van der Waals surface area contributed by atoms with E-state index < -0.39 is 0 Å². The minimum Gasteiger partial charge on any atom is -0.316 e. The first-order chi connectivity index (χ1) is 10.2. The predicted octanol–water partition coefficient (Wildman–Crippen LogP) is 3.54. The highest BCUT2D eigenvalue weighted by Gasteiger charge is 2.15. The van der Waals surface area contributed by atoms with Crippen molar-refractivity contribution in [1.29, 1.82) is 0 Å². The van der Waals surface area contributed by atoms with Crippen molar-refractivity contribution in [2.75, 3.05) is 13.1 Å². The van der Waals surface area contributed by atoms with E-state index in [0.29, 0.717) is 5.92 Å². The first kappa shape index (κ1) is 15.8. The second kappa shape index (κ2) is 7.99. The normalized spacial score (nSPS) is 12.5. The Morgan fingerprint density at radius 2 is 1.95 bits per heavy atom. The van der Waals surface area contributed by atoms with Gasteiger partial charge in [0.25, 0.3) is 0 Å². The lowest BCUT2D eigenvalue weighted by atomic mass is 9.94. The van der Waals surface area contributed by atoms with Crippen LogP contribution in [-0.4, -0.2) is 22.9 Å². The van der Waals surface area contributed by atoms with Gasteiger partial charge in [-0.1, -0.05) is 37.3 Å². The summed E-state index contributed by atoms with van der Waals surface area (Å²) in [5.41, 5.74) is 3.85. The Balaban J connectivity index is 2.15. The van der Waals surface area contributed by atoms with Crippen molar-refractivity contribution in [3.8, 4) is 0 Å². The van der Waals surface area contributed by atoms with Gasteiger partial charge in [-0.05, 0) is 44.9 Å². The molecule has 1 unspecified atom stereocenters. The number of rotatable bonds is 8. The van der Waals surface area contributed by atoms with Crippen LogP contribution in [0.15, 0.2) is 36.4 Å². The molecule has 0 aliphatic heterocycles. The predicted molar refractivity (Wildman–Crippen MR) is 88.7 cm³/mol. The van der Waals surface area contributed by atoms with E-state index >= 15 is 0 Å². The number of hydrogen-bond acceptors (Lipinski definition) is 2. The summed E-state index contributed by atoms with van der Waals surface area (Å²) in [7, 11) is 0. The molecule has 0 aliphatic carbocycles. The zero-order valence-electron chi connectivity index (χ0n) is 13.5. The summed E-state index contributed by atoms with van der Waals surface area (Å²) in [4.78, 5) is 0. The van der Waals surface area contributed by atoms with Gasteiger partial charge in [0, 0.05) is 24.7 Å². The van der Waals surface area contributed by atoms with Crippen LogP contribution in [-0.2, 0) is 13.0 Å². The Bertz CT molecular complexity index is 531. The lowest BCUT2D eigenvalue weighted by Gasteiger charge is -2.18. The van der Waals surface area contributed by atoms with Crippen molar-refractivity contribution < 1.29 is 0 Å². The minimum absolute atomic E-state index is 0.499. The molecule has 1 heterocycles. The maximum atomic E-state index is 4.57. The summed E-state index contributed by atoms with van der Waals surface area (Å²) in [5.74, 6) is 0.499. The van der Waals surface area contributed by atoms with Crippen LogP contribution in [0.3, 0.4) is 0 Å². The van der Waals surface area contributed by atoms with Crippen LogP contribution in [0.1, 0.15) is 43.1 Å². The molecule has 0 saturated carbocycles. The van der Waals surface area contributed by atoms with Gasteiger partial charge in [-0.15, -0.1) is 0 Å². The van der Waals surface area contributed by atoms with Gasteiger partial charge in [0.05, 0.1) is 5.69 Å². The standard InChI is InChI=1S/C18H27N3/c1-4-11-19-14-17(16-9-7-6-8-10-16)13-18-12-15(3)20-21(18)5-2/h6-10,12,17,19H,4-5,11,13-14H2,1-3H3. The zero-order chi connectivity index (χ0) is 15.1. The minimum atomic E-state index is 0.499. The number of nitrogens with one attached hydrogen (secondary N) is 1. The van der Waals surface area contributed by atoms with E-state index in [1.165, 1.54) is 17.7 Å². The summed E-state index contributed by atoms with van der Waals surface area (Å²) in [6.07, 6.45) is 2.21. The molecule has 0 aliphatic rings. The number of aryl methyl sites for hydroxylation is 2. The van der Waals surface area contributed by atoms with Gasteiger partial charge in [0.2, 0.25) is 0 Å². The van der Waals surface area contributed by atoms with E-state index in [4.69, 9.17) is 0 Å². The number of hydrogen-bond donors (Lipinski definition) is 1. The molecule has 2 rings (SSSR count). The third kappa shape index (κ3) is 4.43. The van der Waals surface area contributed by atoms with Gasteiger partial charge in [0.15, 0.2) is 0 Å². The van der Waals surface area contributed by atoms with Gasteiger partial charge in [-0.2, -0.15) is 5.10 Å². The molecule has 21 heavy (non-hydrogen) atoms.